The van der Waals surface area contributed by atoms with E-state index in [0.29, 0.717) is 6.04 Å². The third-order valence-electron chi connectivity index (χ3n) is 2.85. The highest BCUT2D eigenvalue weighted by molar-refractivity contribution is 9.10. The van der Waals surface area contributed by atoms with Gasteiger partial charge in [-0.05, 0) is 47.6 Å². The van der Waals surface area contributed by atoms with Crippen LogP contribution in [0, 0.1) is 0 Å². The molecule has 4 heteroatoms. The first kappa shape index (κ1) is 11.2. The average Bonchev–Trinajstić information content (AvgIpc) is 2.66. The summed E-state index contributed by atoms with van der Waals surface area (Å²) in [6, 6.07) is 6.56. The summed E-state index contributed by atoms with van der Waals surface area (Å²) >= 11 is 9.47. The van der Waals surface area contributed by atoms with Crippen molar-refractivity contribution in [2.24, 2.45) is 0 Å². The van der Waals surface area contributed by atoms with Crippen molar-refractivity contribution in [3.05, 3.63) is 27.7 Å². The lowest BCUT2D eigenvalue weighted by atomic mass is 10.3. The maximum atomic E-state index is 5.92. The van der Waals surface area contributed by atoms with Crippen LogP contribution in [0.3, 0.4) is 0 Å². The summed E-state index contributed by atoms with van der Waals surface area (Å²) in [4.78, 5) is 2.38. The SMILES string of the molecule is CNC1CCN(c2ccc(Cl)cc2Br)C1. The zero-order chi connectivity index (χ0) is 10.8. The third-order valence-corrected chi connectivity index (χ3v) is 3.72. The van der Waals surface area contributed by atoms with Gasteiger partial charge >= 0.3 is 0 Å². The summed E-state index contributed by atoms with van der Waals surface area (Å²) in [7, 11) is 2.02. The largest absolute Gasteiger partial charge is 0.369 e. The number of rotatable bonds is 2. The molecule has 1 aromatic carbocycles. The zero-order valence-electron chi connectivity index (χ0n) is 8.63. The highest BCUT2D eigenvalue weighted by Gasteiger charge is 2.22. The van der Waals surface area contributed by atoms with E-state index in [1.54, 1.807) is 0 Å². The molecule has 0 aliphatic carbocycles. The minimum absolute atomic E-state index is 0.604. The quantitative estimate of drug-likeness (QED) is 0.900. The molecule has 0 radical (unpaired) electrons. The van der Waals surface area contributed by atoms with E-state index in [4.69, 9.17) is 11.6 Å². The summed E-state index contributed by atoms with van der Waals surface area (Å²) in [6.45, 7) is 2.17. The standard InChI is InChI=1S/C11H14BrClN2/c1-14-9-4-5-15(7-9)11-3-2-8(13)6-10(11)12/h2-3,6,9,14H,4-5,7H2,1H3. The summed E-state index contributed by atoms with van der Waals surface area (Å²) in [6.07, 6.45) is 1.20. The predicted octanol–water partition coefficient (Wildman–Crippen LogP) is 2.90. The number of hydrogen-bond acceptors (Lipinski definition) is 2. The van der Waals surface area contributed by atoms with Crippen molar-refractivity contribution in [2.45, 2.75) is 12.5 Å². The van der Waals surface area contributed by atoms with Crippen LogP contribution in [-0.2, 0) is 0 Å². The van der Waals surface area contributed by atoms with Gasteiger partial charge in [0.15, 0.2) is 0 Å². The van der Waals surface area contributed by atoms with Crippen molar-refractivity contribution in [1.82, 2.24) is 5.32 Å². The van der Waals surface area contributed by atoms with Gasteiger partial charge < -0.3 is 10.2 Å². The number of halogens is 2. The summed E-state index contributed by atoms with van der Waals surface area (Å²) in [5, 5.41) is 4.08. The second-order valence-corrected chi connectivity index (χ2v) is 5.11. The molecule has 1 N–H and O–H groups in total. The monoisotopic (exact) mass is 288 g/mol. The predicted molar refractivity (Wildman–Crippen MR) is 68.8 cm³/mol. The molecule has 1 aromatic rings. The zero-order valence-corrected chi connectivity index (χ0v) is 11.0. The lowest BCUT2D eigenvalue weighted by Gasteiger charge is -2.20. The molecule has 0 amide bonds. The number of nitrogens with zero attached hydrogens (tertiary/aromatic N) is 1. The lowest BCUT2D eigenvalue weighted by Crippen LogP contribution is -2.29. The summed E-state index contributed by atoms with van der Waals surface area (Å²) < 4.78 is 1.08. The molecular formula is C11H14BrClN2. The van der Waals surface area contributed by atoms with Crippen LogP contribution in [0.25, 0.3) is 0 Å². The van der Waals surface area contributed by atoms with Gasteiger partial charge in [-0.2, -0.15) is 0 Å². The number of likely N-dealkylation sites (N-methyl/N-ethyl adjacent to an activating group) is 1. The van der Waals surface area contributed by atoms with Gasteiger partial charge in [-0.25, -0.2) is 0 Å². The van der Waals surface area contributed by atoms with E-state index in [9.17, 15) is 0 Å². The normalized spacial score (nSPS) is 21.0. The van der Waals surface area contributed by atoms with Gasteiger partial charge in [-0.15, -0.1) is 0 Å². The number of benzene rings is 1. The van der Waals surface area contributed by atoms with Crippen LogP contribution in [-0.4, -0.2) is 26.2 Å². The first-order chi connectivity index (χ1) is 7.20. The van der Waals surface area contributed by atoms with Gasteiger partial charge in [0.2, 0.25) is 0 Å². The lowest BCUT2D eigenvalue weighted by molar-refractivity contribution is 0.617. The first-order valence-electron chi connectivity index (χ1n) is 5.08. The van der Waals surface area contributed by atoms with Crippen LogP contribution in [0.4, 0.5) is 5.69 Å². The molecule has 1 heterocycles. The fourth-order valence-electron chi connectivity index (χ4n) is 1.95. The Morgan fingerprint density at radius 2 is 2.33 bits per heavy atom. The van der Waals surface area contributed by atoms with Crippen molar-refractivity contribution in [1.29, 1.82) is 0 Å². The Kier molecular flexibility index (Phi) is 3.54. The maximum absolute atomic E-state index is 5.92. The van der Waals surface area contributed by atoms with Crippen molar-refractivity contribution in [3.8, 4) is 0 Å². The van der Waals surface area contributed by atoms with E-state index >= 15 is 0 Å². The highest BCUT2D eigenvalue weighted by Crippen LogP contribution is 2.31. The van der Waals surface area contributed by atoms with E-state index in [0.717, 1.165) is 22.6 Å². The van der Waals surface area contributed by atoms with Gasteiger partial charge in [0, 0.05) is 28.6 Å². The molecule has 1 saturated heterocycles. The van der Waals surface area contributed by atoms with Gasteiger partial charge in [0.25, 0.3) is 0 Å². The molecule has 1 atom stereocenters. The van der Waals surface area contributed by atoms with E-state index in [1.807, 2.05) is 19.2 Å². The number of anilines is 1. The van der Waals surface area contributed by atoms with Gasteiger partial charge in [-0.1, -0.05) is 11.6 Å². The molecule has 0 spiro atoms. The minimum Gasteiger partial charge on any atom is -0.369 e. The Morgan fingerprint density at radius 3 is 2.93 bits per heavy atom. The van der Waals surface area contributed by atoms with E-state index < -0.39 is 0 Å². The van der Waals surface area contributed by atoms with Crippen LogP contribution in [0.1, 0.15) is 6.42 Å². The molecule has 1 aliphatic rings. The molecule has 0 aromatic heterocycles. The number of hydrogen-bond donors (Lipinski definition) is 1. The minimum atomic E-state index is 0.604. The molecule has 82 valence electrons. The van der Waals surface area contributed by atoms with Crippen molar-refractivity contribution < 1.29 is 0 Å². The molecular weight excluding hydrogens is 275 g/mol. The van der Waals surface area contributed by atoms with E-state index in [2.05, 4.69) is 32.2 Å². The second kappa shape index (κ2) is 4.73. The van der Waals surface area contributed by atoms with Crippen LogP contribution >= 0.6 is 27.5 Å². The summed E-state index contributed by atoms with van der Waals surface area (Å²) in [5.41, 5.74) is 1.23. The molecule has 15 heavy (non-hydrogen) atoms. The Balaban J connectivity index is 2.17. The van der Waals surface area contributed by atoms with Gasteiger partial charge in [-0.3, -0.25) is 0 Å². The fraction of sp³-hybridized carbons (Fsp3) is 0.455. The molecule has 0 bridgehead atoms. The molecule has 2 rings (SSSR count). The third kappa shape index (κ3) is 2.47. The molecule has 0 saturated carbocycles. The highest BCUT2D eigenvalue weighted by atomic mass is 79.9. The van der Waals surface area contributed by atoms with Crippen molar-refractivity contribution in [3.63, 3.8) is 0 Å². The Labute approximate surface area is 104 Å². The van der Waals surface area contributed by atoms with Crippen LogP contribution in [0.15, 0.2) is 22.7 Å². The van der Waals surface area contributed by atoms with Gasteiger partial charge in [0.05, 0.1) is 5.69 Å². The van der Waals surface area contributed by atoms with Crippen LogP contribution < -0.4 is 10.2 Å². The molecule has 1 unspecified atom stereocenters. The Hall–Kier alpha value is -0.250. The van der Waals surface area contributed by atoms with Gasteiger partial charge in [0.1, 0.15) is 0 Å². The maximum Gasteiger partial charge on any atom is 0.0512 e. The molecule has 1 fully saturated rings. The second-order valence-electron chi connectivity index (χ2n) is 3.82. The smallest absolute Gasteiger partial charge is 0.0512 e. The topological polar surface area (TPSA) is 15.3 Å². The number of nitrogens with one attached hydrogen (secondary N) is 1. The Morgan fingerprint density at radius 1 is 1.53 bits per heavy atom. The fourth-order valence-corrected chi connectivity index (χ4v) is 2.89. The molecule has 2 nitrogen and oxygen atoms in total. The Bertz CT molecular complexity index is 356. The van der Waals surface area contributed by atoms with Crippen LogP contribution in [0.5, 0.6) is 0 Å². The summed E-state index contributed by atoms with van der Waals surface area (Å²) in [5.74, 6) is 0. The van der Waals surface area contributed by atoms with E-state index in [-0.39, 0.29) is 0 Å². The molecule has 1 aliphatic heterocycles. The van der Waals surface area contributed by atoms with E-state index in [1.165, 1.54) is 12.1 Å². The first-order valence-corrected chi connectivity index (χ1v) is 6.25. The van der Waals surface area contributed by atoms with Crippen molar-refractivity contribution >= 4 is 33.2 Å². The van der Waals surface area contributed by atoms with Crippen molar-refractivity contribution in [2.75, 3.05) is 25.0 Å². The average molecular weight is 290 g/mol. The van der Waals surface area contributed by atoms with Crippen LogP contribution in [0.2, 0.25) is 5.02 Å².